The molecule has 1 N–H and O–H groups in total. The molecule has 1 aliphatic carbocycles. The molecule has 1 amide bonds. The van der Waals surface area contributed by atoms with Gasteiger partial charge in [0.05, 0.1) is 11.4 Å². The Labute approximate surface area is 195 Å². The molecular weight excluding hydrogens is 450 g/mol. The predicted molar refractivity (Wildman–Crippen MR) is 128 cm³/mol. The van der Waals surface area contributed by atoms with Gasteiger partial charge < -0.3 is 9.88 Å². The lowest BCUT2D eigenvalue weighted by molar-refractivity contribution is -0.113. The highest BCUT2D eigenvalue weighted by Crippen LogP contribution is 2.33. The van der Waals surface area contributed by atoms with E-state index in [-0.39, 0.29) is 11.7 Å². The summed E-state index contributed by atoms with van der Waals surface area (Å²) in [6, 6.07) is 7.47. The first-order chi connectivity index (χ1) is 15.1. The molecule has 0 spiro atoms. The normalized spacial score (nSPS) is 14.5. The number of thiazole rings is 1. The maximum absolute atomic E-state index is 12.5. The van der Waals surface area contributed by atoms with Gasteiger partial charge in [-0.2, -0.15) is 0 Å². The Morgan fingerprint density at radius 2 is 2.03 bits per heavy atom. The van der Waals surface area contributed by atoms with Gasteiger partial charge in [-0.25, -0.2) is 4.98 Å². The van der Waals surface area contributed by atoms with E-state index >= 15 is 0 Å². The number of hydrogen-bond acceptors (Lipinski definition) is 6. The molecule has 1 aromatic carbocycles. The third-order valence-electron chi connectivity index (χ3n) is 5.25. The van der Waals surface area contributed by atoms with Crippen molar-refractivity contribution in [3.05, 3.63) is 53.1 Å². The van der Waals surface area contributed by atoms with Crippen LogP contribution in [0.25, 0.3) is 11.3 Å². The number of anilines is 1. The van der Waals surface area contributed by atoms with Gasteiger partial charge >= 0.3 is 0 Å². The zero-order valence-corrected chi connectivity index (χ0v) is 19.5. The van der Waals surface area contributed by atoms with Crippen LogP contribution in [0.3, 0.4) is 0 Å². The molecule has 4 rings (SSSR count). The molecule has 2 aromatic heterocycles. The minimum absolute atomic E-state index is 0.116. The highest BCUT2D eigenvalue weighted by atomic mass is 35.5. The second-order valence-electron chi connectivity index (χ2n) is 7.46. The lowest BCUT2D eigenvalue weighted by atomic mass is 9.89. The number of nitrogens with one attached hydrogen (secondary N) is 1. The molecule has 0 aliphatic heterocycles. The van der Waals surface area contributed by atoms with Crippen molar-refractivity contribution in [3.63, 3.8) is 0 Å². The van der Waals surface area contributed by atoms with Gasteiger partial charge in [0.25, 0.3) is 0 Å². The minimum Gasteiger partial charge on any atom is -0.302 e. The standard InChI is InChI=1S/C22H24ClN5OS2/c1-2-12-28-20(16-6-4-3-5-7-16)26-27-22(28)31-14-19(29)25-21-24-18(13-30-21)15-8-10-17(23)11-9-15/h2,8-11,13,16H,1,3-7,12,14H2,(H,24,25,29). The summed E-state index contributed by atoms with van der Waals surface area (Å²) < 4.78 is 2.10. The quantitative estimate of drug-likeness (QED) is 0.320. The maximum Gasteiger partial charge on any atom is 0.236 e. The molecule has 0 radical (unpaired) electrons. The molecule has 2 heterocycles. The van der Waals surface area contributed by atoms with Crippen LogP contribution in [0.4, 0.5) is 5.13 Å². The Bertz CT molecular complexity index is 1040. The van der Waals surface area contributed by atoms with Crippen LogP contribution >= 0.6 is 34.7 Å². The number of benzene rings is 1. The Kier molecular flexibility index (Phi) is 7.42. The average molecular weight is 474 g/mol. The van der Waals surface area contributed by atoms with Crippen LogP contribution in [0.2, 0.25) is 5.02 Å². The van der Waals surface area contributed by atoms with Crippen LogP contribution in [0.15, 0.2) is 47.5 Å². The van der Waals surface area contributed by atoms with E-state index in [1.54, 1.807) is 0 Å². The molecule has 6 nitrogen and oxygen atoms in total. The molecule has 3 aromatic rings. The second kappa shape index (κ2) is 10.4. The number of thioether (sulfide) groups is 1. The average Bonchev–Trinajstić information content (AvgIpc) is 3.41. The van der Waals surface area contributed by atoms with Crippen molar-refractivity contribution in [2.75, 3.05) is 11.1 Å². The molecule has 0 saturated heterocycles. The number of hydrogen-bond donors (Lipinski definition) is 1. The molecular formula is C22H24ClN5OS2. The van der Waals surface area contributed by atoms with Crippen LogP contribution in [0.5, 0.6) is 0 Å². The number of carbonyl (C=O) groups excluding carboxylic acids is 1. The summed E-state index contributed by atoms with van der Waals surface area (Å²) in [4.78, 5) is 17.0. The summed E-state index contributed by atoms with van der Waals surface area (Å²) in [6.45, 7) is 4.52. The lowest BCUT2D eigenvalue weighted by Gasteiger charge is -2.21. The van der Waals surface area contributed by atoms with Crippen LogP contribution in [0, 0.1) is 0 Å². The van der Waals surface area contributed by atoms with Crippen LogP contribution in [0.1, 0.15) is 43.8 Å². The number of nitrogens with zero attached hydrogens (tertiary/aromatic N) is 4. The first-order valence-electron chi connectivity index (χ1n) is 10.3. The van der Waals surface area contributed by atoms with Crippen LogP contribution < -0.4 is 5.32 Å². The third kappa shape index (κ3) is 5.56. The summed E-state index contributed by atoms with van der Waals surface area (Å²) in [5, 5.41) is 15.6. The second-order valence-corrected chi connectivity index (χ2v) is 9.69. The summed E-state index contributed by atoms with van der Waals surface area (Å²) in [7, 11) is 0. The van der Waals surface area contributed by atoms with E-state index in [0.29, 0.717) is 22.6 Å². The maximum atomic E-state index is 12.5. The number of rotatable bonds is 8. The highest BCUT2D eigenvalue weighted by molar-refractivity contribution is 7.99. The first kappa shape index (κ1) is 22.0. The summed E-state index contributed by atoms with van der Waals surface area (Å²) in [5.41, 5.74) is 1.77. The van der Waals surface area contributed by atoms with E-state index in [4.69, 9.17) is 11.6 Å². The number of allylic oxidation sites excluding steroid dienone is 1. The largest absolute Gasteiger partial charge is 0.302 e. The molecule has 31 heavy (non-hydrogen) atoms. The molecule has 0 bridgehead atoms. The Morgan fingerprint density at radius 1 is 1.26 bits per heavy atom. The molecule has 1 fully saturated rings. The molecule has 9 heteroatoms. The highest BCUT2D eigenvalue weighted by Gasteiger charge is 2.23. The number of amides is 1. The van der Waals surface area contributed by atoms with Crippen molar-refractivity contribution >= 4 is 45.7 Å². The number of carbonyl (C=O) groups is 1. The van der Waals surface area contributed by atoms with Crippen molar-refractivity contribution in [2.45, 2.75) is 49.7 Å². The van der Waals surface area contributed by atoms with Gasteiger partial charge in [-0.05, 0) is 25.0 Å². The third-order valence-corrected chi connectivity index (χ3v) is 7.23. The SMILES string of the molecule is C=CCn1c(SCC(=O)Nc2nc(-c3ccc(Cl)cc3)cs2)nnc1C1CCCCC1. The van der Waals surface area contributed by atoms with Crippen molar-refractivity contribution in [1.82, 2.24) is 19.7 Å². The van der Waals surface area contributed by atoms with E-state index in [1.807, 2.05) is 35.7 Å². The van der Waals surface area contributed by atoms with Crippen molar-refractivity contribution in [2.24, 2.45) is 0 Å². The Hall–Kier alpha value is -2.16. The number of halogens is 1. The van der Waals surface area contributed by atoms with Crippen molar-refractivity contribution < 1.29 is 4.79 Å². The van der Waals surface area contributed by atoms with E-state index in [0.717, 1.165) is 35.1 Å². The topological polar surface area (TPSA) is 72.7 Å². The van der Waals surface area contributed by atoms with Gasteiger partial charge in [-0.3, -0.25) is 4.79 Å². The fraction of sp³-hybridized carbons (Fsp3) is 0.364. The fourth-order valence-corrected chi connectivity index (χ4v) is 5.36. The monoisotopic (exact) mass is 473 g/mol. The summed E-state index contributed by atoms with van der Waals surface area (Å²) in [5.74, 6) is 1.60. The molecule has 0 atom stereocenters. The minimum atomic E-state index is -0.116. The van der Waals surface area contributed by atoms with E-state index in [2.05, 4.69) is 31.6 Å². The Morgan fingerprint density at radius 3 is 2.77 bits per heavy atom. The van der Waals surface area contributed by atoms with E-state index < -0.39 is 0 Å². The van der Waals surface area contributed by atoms with Crippen LogP contribution in [-0.4, -0.2) is 31.4 Å². The molecule has 162 valence electrons. The zero-order chi connectivity index (χ0) is 21.6. The summed E-state index contributed by atoms with van der Waals surface area (Å²) in [6.07, 6.45) is 7.93. The van der Waals surface area contributed by atoms with Gasteiger partial charge in [-0.15, -0.1) is 28.1 Å². The number of aromatic nitrogens is 4. The Balaban J connectivity index is 1.37. The molecule has 1 aliphatic rings. The lowest BCUT2D eigenvalue weighted by Crippen LogP contribution is -2.15. The predicted octanol–water partition coefficient (Wildman–Crippen LogP) is 6.02. The van der Waals surface area contributed by atoms with E-state index in [9.17, 15) is 4.79 Å². The van der Waals surface area contributed by atoms with Crippen molar-refractivity contribution in [3.8, 4) is 11.3 Å². The smallest absolute Gasteiger partial charge is 0.236 e. The molecule has 0 unspecified atom stereocenters. The van der Waals surface area contributed by atoms with Gasteiger partial charge in [0, 0.05) is 28.4 Å². The van der Waals surface area contributed by atoms with Gasteiger partial charge in [0.1, 0.15) is 5.82 Å². The van der Waals surface area contributed by atoms with Gasteiger partial charge in [0.15, 0.2) is 10.3 Å². The van der Waals surface area contributed by atoms with Gasteiger partial charge in [-0.1, -0.05) is 60.8 Å². The molecule has 1 saturated carbocycles. The summed E-state index contributed by atoms with van der Waals surface area (Å²) >= 11 is 8.74. The van der Waals surface area contributed by atoms with Crippen molar-refractivity contribution in [1.29, 1.82) is 0 Å². The zero-order valence-electron chi connectivity index (χ0n) is 17.1. The van der Waals surface area contributed by atoms with Gasteiger partial charge in [0.2, 0.25) is 5.91 Å². The fourth-order valence-electron chi connectivity index (χ4n) is 3.74. The van der Waals surface area contributed by atoms with Crippen LogP contribution in [-0.2, 0) is 11.3 Å². The first-order valence-corrected chi connectivity index (χ1v) is 12.6. The van der Waals surface area contributed by atoms with E-state index in [1.165, 1.54) is 42.4 Å².